The zero-order valence-electron chi connectivity index (χ0n) is 21.1. The molecule has 2 nitrogen and oxygen atoms in total. The first kappa shape index (κ1) is 23.6. The SMILES string of the molecule is c1ccc(B(c2ccccc2)c2cc(Cc3cccc(-c4ccccn4)c3)cc(-c3ccccn3)c2)cc1. The molecule has 0 unspecified atom stereocenters. The van der Waals surface area contributed by atoms with Crippen LogP contribution in [0.2, 0.25) is 0 Å². The molecule has 0 spiro atoms. The Labute approximate surface area is 224 Å². The van der Waals surface area contributed by atoms with Crippen LogP contribution in [0.25, 0.3) is 22.5 Å². The molecule has 0 saturated heterocycles. The van der Waals surface area contributed by atoms with Gasteiger partial charge in [0.05, 0.1) is 11.4 Å². The Hall–Kier alpha value is -4.76. The normalized spacial score (nSPS) is 10.7. The molecule has 0 atom stereocenters. The maximum Gasteiger partial charge on any atom is 0.241 e. The van der Waals surface area contributed by atoms with Crippen molar-refractivity contribution in [3.63, 3.8) is 0 Å². The summed E-state index contributed by atoms with van der Waals surface area (Å²) in [4.78, 5) is 9.24. The van der Waals surface area contributed by atoms with Crippen LogP contribution in [0.15, 0.2) is 152 Å². The molecule has 6 aromatic rings. The van der Waals surface area contributed by atoms with Crippen molar-refractivity contribution in [2.24, 2.45) is 0 Å². The zero-order chi connectivity index (χ0) is 25.6. The van der Waals surface area contributed by atoms with Crippen molar-refractivity contribution in [1.82, 2.24) is 9.97 Å². The van der Waals surface area contributed by atoms with Crippen molar-refractivity contribution in [1.29, 1.82) is 0 Å². The van der Waals surface area contributed by atoms with Crippen molar-refractivity contribution in [3.05, 3.63) is 163 Å². The Morgan fingerprint density at radius 2 is 1.00 bits per heavy atom. The maximum absolute atomic E-state index is 4.69. The van der Waals surface area contributed by atoms with Gasteiger partial charge in [0.2, 0.25) is 6.71 Å². The van der Waals surface area contributed by atoms with Gasteiger partial charge in [0.1, 0.15) is 0 Å². The highest BCUT2D eigenvalue weighted by Gasteiger charge is 2.22. The molecule has 38 heavy (non-hydrogen) atoms. The first-order chi connectivity index (χ1) is 18.8. The van der Waals surface area contributed by atoms with Crippen LogP contribution in [0.1, 0.15) is 11.1 Å². The number of rotatable bonds is 7. The molecule has 6 rings (SSSR count). The Morgan fingerprint density at radius 3 is 1.61 bits per heavy atom. The zero-order valence-corrected chi connectivity index (χ0v) is 21.1. The number of pyridine rings is 2. The van der Waals surface area contributed by atoms with Crippen molar-refractivity contribution in [3.8, 4) is 22.5 Å². The van der Waals surface area contributed by atoms with E-state index in [4.69, 9.17) is 0 Å². The second kappa shape index (κ2) is 11.1. The summed E-state index contributed by atoms with van der Waals surface area (Å²) in [6.07, 6.45) is 4.53. The molecule has 4 aromatic carbocycles. The van der Waals surface area contributed by atoms with Crippen LogP contribution < -0.4 is 16.4 Å². The van der Waals surface area contributed by atoms with Gasteiger partial charge in [-0.1, -0.05) is 120 Å². The molecule has 0 fully saturated rings. The van der Waals surface area contributed by atoms with E-state index >= 15 is 0 Å². The predicted molar refractivity (Wildman–Crippen MR) is 160 cm³/mol. The fraction of sp³-hybridized carbons (Fsp3) is 0.0286. The predicted octanol–water partition coefficient (Wildman–Crippen LogP) is 5.92. The van der Waals surface area contributed by atoms with Gasteiger partial charge in [-0.2, -0.15) is 0 Å². The Balaban J connectivity index is 1.46. The second-order valence-corrected chi connectivity index (χ2v) is 9.52. The lowest BCUT2D eigenvalue weighted by Gasteiger charge is -2.18. The average Bonchev–Trinajstić information content (AvgIpc) is 2.99. The molecule has 2 heterocycles. The number of benzene rings is 4. The van der Waals surface area contributed by atoms with E-state index in [0.717, 1.165) is 28.9 Å². The van der Waals surface area contributed by atoms with Gasteiger partial charge in [0.15, 0.2) is 0 Å². The Morgan fingerprint density at radius 1 is 0.421 bits per heavy atom. The van der Waals surface area contributed by atoms with Crippen LogP contribution in [-0.2, 0) is 6.42 Å². The van der Waals surface area contributed by atoms with Crippen molar-refractivity contribution in [2.45, 2.75) is 6.42 Å². The van der Waals surface area contributed by atoms with Gasteiger partial charge in [-0.3, -0.25) is 9.97 Å². The minimum Gasteiger partial charge on any atom is -0.256 e. The smallest absolute Gasteiger partial charge is 0.241 e. The largest absolute Gasteiger partial charge is 0.256 e. The molecule has 0 radical (unpaired) electrons. The second-order valence-electron chi connectivity index (χ2n) is 9.52. The minimum absolute atomic E-state index is 0.125. The van der Waals surface area contributed by atoms with E-state index in [-0.39, 0.29) is 6.71 Å². The summed E-state index contributed by atoms with van der Waals surface area (Å²) in [5.74, 6) is 0. The summed E-state index contributed by atoms with van der Waals surface area (Å²) in [5, 5.41) is 0. The molecule has 0 aliphatic carbocycles. The maximum atomic E-state index is 4.69. The quantitative estimate of drug-likeness (QED) is 0.262. The number of nitrogens with zero attached hydrogens (tertiary/aromatic N) is 2. The molecule has 0 N–H and O–H groups in total. The van der Waals surface area contributed by atoms with Crippen LogP contribution in [0, 0.1) is 0 Å². The lowest BCUT2D eigenvalue weighted by molar-refractivity contribution is 1.19. The molecule has 2 aromatic heterocycles. The molecule has 0 amide bonds. The summed E-state index contributed by atoms with van der Waals surface area (Å²) < 4.78 is 0. The number of hydrogen-bond donors (Lipinski definition) is 0. The third-order valence-corrected chi connectivity index (χ3v) is 6.87. The number of hydrogen-bond acceptors (Lipinski definition) is 2. The highest BCUT2D eigenvalue weighted by Crippen LogP contribution is 2.22. The monoisotopic (exact) mass is 486 g/mol. The summed E-state index contributed by atoms with van der Waals surface area (Å²) >= 11 is 0. The lowest BCUT2D eigenvalue weighted by atomic mass is 9.36. The van der Waals surface area contributed by atoms with Crippen LogP contribution in [-0.4, -0.2) is 16.7 Å². The van der Waals surface area contributed by atoms with Gasteiger partial charge < -0.3 is 0 Å². The summed E-state index contributed by atoms with van der Waals surface area (Å²) in [6, 6.07) is 49.4. The summed E-state index contributed by atoms with van der Waals surface area (Å²) in [6.45, 7) is 0.125. The molecule has 0 saturated carbocycles. The van der Waals surface area contributed by atoms with Gasteiger partial charge in [0.25, 0.3) is 0 Å². The molecular weight excluding hydrogens is 459 g/mol. The van der Waals surface area contributed by atoms with Crippen LogP contribution in [0.4, 0.5) is 0 Å². The Kier molecular flexibility index (Phi) is 6.91. The van der Waals surface area contributed by atoms with Crippen LogP contribution in [0.5, 0.6) is 0 Å². The first-order valence-corrected chi connectivity index (χ1v) is 13.0. The van der Waals surface area contributed by atoms with E-state index in [9.17, 15) is 0 Å². The van der Waals surface area contributed by atoms with E-state index < -0.39 is 0 Å². The third-order valence-electron chi connectivity index (χ3n) is 6.87. The van der Waals surface area contributed by atoms with E-state index in [1.165, 1.54) is 27.5 Å². The molecule has 3 heteroatoms. The van der Waals surface area contributed by atoms with Gasteiger partial charge in [-0.25, -0.2) is 0 Å². The first-order valence-electron chi connectivity index (χ1n) is 13.0. The van der Waals surface area contributed by atoms with Crippen molar-refractivity contribution >= 4 is 23.1 Å². The highest BCUT2D eigenvalue weighted by atomic mass is 14.7. The molecular formula is C35H27BN2. The highest BCUT2D eigenvalue weighted by molar-refractivity contribution is 6.95. The van der Waals surface area contributed by atoms with Gasteiger partial charge >= 0.3 is 0 Å². The van der Waals surface area contributed by atoms with E-state index in [1.807, 2.05) is 30.6 Å². The topological polar surface area (TPSA) is 25.8 Å². The molecule has 180 valence electrons. The fourth-order valence-electron chi connectivity index (χ4n) is 5.15. The van der Waals surface area contributed by atoms with Gasteiger partial charge in [-0.15, -0.1) is 0 Å². The van der Waals surface area contributed by atoms with Crippen LogP contribution >= 0.6 is 0 Å². The third kappa shape index (κ3) is 5.33. The average molecular weight is 486 g/mol. The van der Waals surface area contributed by atoms with E-state index in [1.54, 1.807) is 0 Å². The van der Waals surface area contributed by atoms with Gasteiger partial charge in [0, 0.05) is 18.0 Å². The van der Waals surface area contributed by atoms with Gasteiger partial charge in [-0.05, 0) is 59.5 Å². The molecule has 0 bridgehead atoms. The summed E-state index contributed by atoms with van der Waals surface area (Å²) in [7, 11) is 0. The van der Waals surface area contributed by atoms with Crippen molar-refractivity contribution < 1.29 is 0 Å². The van der Waals surface area contributed by atoms with E-state index in [0.29, 0.717) is 0 Å². The number of aromatic nitrogens is 2. The van der Waals surface area contributed by atoms with Crippen molar-refractivity contribution in [2.75, 3.05) is 0 Å². The standard InChI is InChI=1S/C35H27BN2/c1-3-14-31(15-4-1)36(32-16-5-2-6-17-32)33-25-28(24-30(26-33)35-19-8-10-21-38-35)22-27-12-11-13-29(23-27)34-18-7-9-20-37-34/h1-21,23-26H,22H2. The minimum atomic E-state index is 0.125. The molecule has 0 aliphatic heterocycles. The lowest BCUT2D eigenvalue weighted by Crippen LogP contribution is -2.52. The molecule has 0 aliphatic rings. The fourth-order valence-corrected chi connectivity index (χ4v) is 5.15. The van der Waals surface area contributed by atoms with Crippen LogP contribution in [0.3, 0.4) is 0 Å². The summed E-state index contributed by atoms with van der Waals surface area (Å²) in [5.41, 5.74) is 10.6. The Bertz CT molecular complexity index is 1580. The van der Waals surface area contributed by atoms with E-state index in [2.05, 4.69) is 131 Å².